The molecule has 22 heavy (non-hydrogen) atoms. The summed E-state index contributed by atoms with van der Waals surface area (Å²) < 4.78 is 0.975. The maximum Gasteiger partial charge on any atom is 0.239 e. The summed E-state index contributed by atoms with van der Waals surface area (Å²) in [7, 11) is 0. The number of hydrogen-bond acceptors (Lipinski definition) is 3. The van der Waals surface area contributed by atoms with E-state index in [2.05, 4.69) is 21.2 Å². The summed E-state index contributed by atoms with van der Waals surface area (Å²) in [4.78, 5) is 25.7. The Hall–Kier alpha value is -1.11. The van der Waals surface area contributed by atoms with Crippen LogP contribution in [0.4, 0.5) is 5.69 Å². The number of likely N-dealkylation sites (tertiary alicyclic amines) is 1. The smallest absolute Gasteiger partial charge is 0.239 e. The zero-order valence-corrected chi connectivity index (χ0v) is 14.8. The molecule has 2 amide bonds. The fourth-order valence-corrected chi connectivity index (χ4v) is 2.69. The molecule has 0 radical (unpaired) electrons. The number of rotatable bonds is 3. The fourth-order valence-electron chi connectivity index (χ4n) is 2.43. The maximum absolute atomic E-state index is 12.2. The third-order valence-electron chi connectivity index (χ3n) is 3.68. The molecule has 3 N–H and O–H groups in total. The first kappa shape index (κ1) is 18.9. The molecular formula is C15H21BrClN3O2. The number of amides is 2. The highest BCUT2D eigenvalue weighted by molar-refractivity contribution is 9.10. The van der Waals surface area contributed by atoms with Gasteiger partial charge >= 0.3 is 0 Å². The van der Waals surface area contributed by atoms with Gasteiger partial charge in [-0.1, -0.05) is 15.9 Å². The van der Waals surface area contributed by atoms with Gasteiger partial charge in [0.25, 0.3) is 0 Å². The van der Waals surface area contributed by atoms with E-state index in [0.717, 1.165) is 10.2 Å². The normalized spacial score (nSPS) is 16.6. The summed E-state index contributed by atoms with van der Waals surface area (Å²) in [6, 6.07) is 7.02. The third kappa shape index (κ3) is 4.97. The number of anilines is 1. The van der Waals surface area contributed by atoms with Crippen LogP contribution in [0.5, 0.6) is 0 Å². The summed E-state index contributed by atoms with van der Waals surface area (Å²) in [6.07, 6.45) is 1.36. The number of halogens is 2. The minimum absolute atomic E-state index is 0. The van der Waals surface area contributed by atoms with Crippen LogP contribution < -0.4 is 11.1 Å². The van der Waals surface area contributed by atoms with Crippen LogP contribution in [-0.4, -0.2) is 35.8 Å². The predicted octanol–water partition coefficient (Wildman–Crippen LogP) is 2.40. The number of piperidine rings is 1. The second-order valence-corrected chi connectivity index (χ2v) is 6.30. The van der Waals surface area contributed by atoms with Crippen LogP contribution in [0.15, 0.2) is 28.7 Å². The average molecular weight is 391 g/mol. The molecule has 1 aliphatic rings. The minimum atomic E-state index is -0.474. The Labute approximate surface area is 145 Å². The Bertz CT molecular complexity index is 514. The minimum Gasteiger partial charge on any atom is -0.341 e. The van der Waals surface area contributed by atoms with E-state index in [1.165, 1.54) is 0 Å². The zero-order chi connectivity index (χ0) is 15.4. The molecule has 0 bridgehead atoms. The van der Waals surface area contributed by atoms with Crippen molar-refractivity contribution < 1.29 is 9.59 Å². The van der Waals surface area contributed by atoms with E-state index < -0.39 is 6.04 Å². The van der Waals surface area contributed by atoms with Crippen LogP contribution in [-0.2, 0) is 9.59 Å². The van der Waals surface area contributed by atoms with Crippen molar-refractivity contribution >= 4 is 45.8 Å². The Morgan fingerprint density at radius 2 is 1.82 bits per heavy atom. The van der Waals surface area contributed by atoms with E-state index in [-0.39, 0.29) is 30.1 Å². The van der Waals surface area contributed by atoms with Gasteiger partial charge in [0, 0.05) is 29.2 Å². The Morgan fingerprint density at radius 3 is 2.32 bits per heavy atom. The predicted molar refractivity (Wildman–Crippen MR) is 93.0 cm³/mol. The van der Waals surface area contributed by atoms with Gasteiger partial charge in [-0.15, -0.1) is 12.4 Å². The highest BCUT2D eigenvalue weighted by atomic mass is 79.9. The van der Waals surface area contributed by atoms with Crippen LogP contribution in [0.1, 0.15) is 19.8 Å². The number of nitrogens with two attached hydrogens (primary N) is 1. The summed E-state index contributed by atoms with van der Waals surface area (Å²) in [5.41, 5.74) is 6.39. The van der Waals surface area contributed by atoms with E-state index in [0.29, 0.717) is 25.9 Å². The van der Waals surface area contributed by atoms with Crippen LogP contribution >= 0.6 is 28.3 Å². The lowest BCUT2D eigenvalue weighted by atomic mass is 9.95. The number of hydrogen-bond donors (Lipinski definition) is 2. The van der Waals surface area contributed by atoms with E-state index in [1.807, 2.05) is 24.3 Å². The highest BCUT2D eigenvalue weighted by Crippen LogP contribution is 2.21. The van der Waals surface area contributed by atoms with Gasteiger partial charge in [-0.05, 0) is 44.0 Å². The lowest BCUT2D eigenvalue weighted by molar-refractivity contribution is -0.135. The molecule has 1 atom stereocenters. The largest absolute Gasteiger partial charge is 0.341 e. The lowest BCUT2D eigenvalue weighted by Gasteiger charge is -2.32. The molecule has 7 heteroatoms. The molecule has 2 rings (SSSR count). The highest BCUT2D eigenvalue weighted by Gasteiger charge is 2.28. The first-order chi connectivity index (χ1) is 9.97. The molecule has 0 aliphatic carbocycles. The molecule has 1 aliphatic heterocycles. The number of carbonyl (C=O) groups is 2. The first-order valence-corrected chi connectivity index (χ1v) is 7.87. The Morgan fingerprint density at radius 1 is 1.27 bits per heavy atom. The van der Waals surface area contributed by atoms with Crippen LogP contribution in [0.3, 0.4) is 0 Å². The van der Waals surface area contributed by atoms with Crippen molar-refractivity contribution in [3.05, 3.63) is 28.7 Å². The molecule has 1 aromatic rings. The molecule has 1 aromatic carbocycles. The van der Waals surface area contributed by atoms with Gasteiger partial charge in [-0.25, -0.2) is 0 Å². The molecule has 0 saturated carbocycles. The zero-order valence-electron chi connectivity index (χ0n) is 12.4. The maximum atomic E-state index is 12.2. The van der Waals surface area contributed by atoms with Gasteiger partial charge < -0.3 is 16.0 Å². The lowest BCUT2D eigenvalue weighted by Crippen LogP contribution is -2.47. The van der Waals surface area contributed by atoms with Gasteiger partial charge in [0.05, 0.1) is 6.04 Å². The SMILES string of the molecule is C[C@@H](N)C(=O)N1CCC(C(=O)Nc2ccc(Br)cc2)CC1.Cl. The van der Waals surface area contributed by atoms with E-state index in [1.54, 1.807) is 11.8 Å². The van der Waals surface area contributed by atoms with Crippen molar-refractivity contribution in [3.63, 3.8) is 0 Å². The summed E-state index contributed by atoms with van der Waals surface area (Å²) in [5, 5.41) is 2.92. The average Bonchev–Trinajstić information content (AvgIpc) is 2.49. The number of nitrogens with one attached hydrogen (secondary N) is 1. The molecule has 122 valence electrons. The van der Waals surface area contributed by atoms with Gasteiger partial charge in [-0.2, -0.15) is 0 Å². The second kappa shape index (κ2) is 8.50. The molecule has 1 fully saturated rings. The molecule has 1 heterocycles. The van der Waals surface area contributed by atoms with Gasteiger partial charge in [0.15, 0.2) is 0 Å². The standard InChI is InChI=1S/C15H20BrN3O2.ClH/c1-10(17)15(21)19-8-6-11(7-9-19)14(20)18-13-4-2-12(16)3-5-13;/h2-5,10-11H,6-9,17H2,1H3,(H,18,20);1H/t10-;/m1./s1. The molecular weight excluding hydrogens is 370 g/mol. The van der Waals surface area contributed by atoms with Gasteiger partial charge in [0.1, 0.15) is 0 Å². The molecule has 0 spiro atoms. The molecule has 0 aromatic heterocycles. The van der Waals surface area contributed by atoms with Crippen molar-refractivity contribution in [2.24, 2.45) is 11.7 Å². The summed E-state index contributed by atoms with van der Waals surface area (Å²) in [6.45, 7) is 2.88. The monoisotopic (exact) mass is 389 g/mol. The quantitative estimate of drug-likeness (QED) is 0.832. The summed E-state index contributed by atoms with van der Waals surface area (Å²) >= 11 is 3.36. The van der Waals surface area contributed by atoms with Gasteiger partial charge in [0.2, 0.25) is 11.8 Å². The van der Waals surface area contributed by atoms with Gasteiger partial charge in [-0.3, -0.25) is 9.59 Å². The molecule has 1 saturated heterocycles. The van der Waals surface area contributed by atoms with Crippen molar-refractivity contribution in [1.29, 1.82) is 0 Å². The molecule has 5 nitrogen and oxygen atoms in total. The topological polar surface area (TPSA) is 75.4 Å². The van der Waals surface area contributed by atoms with Crippen LogP contribution in [0.2, 0.25) is 0 Å². The van der Waals surface area contributed by atoms with E-state index in [9.17, 15) is 9.59 Å². The molecule has 0 unspecified atom stereocenters. The van der Waals surface area contributed by atoms with E-state index in [4.69, 9.17) is 5.73 Å². The van der Waals surface area contributed by atoms with Crippen LogP contribution in [0.25, 0.3) is 0 Å². The van der Waals surface area contributed by atoms with E-state index >= 15 is 0 Å². The van der Waals surface area contributed by atoms with Crippen molar-refractivity contribution in [3.8, 4) is 0 Å². The van der Waals surface area contributed by atoms with Crippen molar-refractivity contribution in [1.82, 2.24) is 4.90 Å². The first-order valence-electron chi connectivity index (χ1n) is 7.08. The Kier molecular flexibility index (Phi) is 7.32. The van der Waals surface area contributed by atoms with Crippen LogP contribution in [0, 0.1) is 5.92 Å². The number of carbonyl (C=O) groups excluding carboxylic acids is 2. The third-order valence-corrected chi connectivity index (χ3v) is 4.21. The van der Waals surface area contributed by atoms with Crippen molar-refractivity contribution in [2.75, 3.05) is 18.4 Å². The summed E-state index contributed by atoms with van der Waals surface area (Å²) in [5.74, 6) is -0.0715. The number of nitrogens with zero attached hydrogens (tertiary/aromatic N) is 1. The van der Waals surface area contributed by atoms with Crippen molar-refractivity contribution in [2.45, 2.75) is 25.8 Å². The Balaban J connectivity index is 0.00000242. The fraction of sp³-hybridized carbons (Fsp3) is 0.467. The second-order valence-electron chi connectivity index (χ2n) is 5.38. The number of benzene rings is 1.